The summed E-state index contributed by atoms with van der Waals surface area (Å²) < 4.78 is 27.1. The van der Waals surface area contributed by atoms with Gasteiger partial charge in [-0.15, -0.1) is 0 Å². The third kappa shape index (κ3) is 5.86. The van der Waals surface area contributed by atoms with Gasteiger partial charge in [0.25, 0.3) is 5.69 Å². The number of non-ortho nitro benzene ring substituents is 1. The van der Waals surface area contributed by atoms with Crippen molar-refractivity contribution in [1.29, 1.82) is 0 Å². The summed E-state index contributed by atoms with van der Waals surface area (Å²) in [5.41, 5.74) is 2.96. The zero-order valence-corrected chi connectivity index (χ0v) is 17.2. The lowest BCUT2D eigenvalue weighted by molar-refractivity contribution is -0.384. The van der Waals surface area contributed by atoms with Gasteiger partial charge in [-0.25, -0.2) is 18.1 Å². The number of likely N-dealkylation sites (N-methyl/N-ethyl adjacent to an activating group) is 1. The summed E-state index contributed by atoms with van der Waals surface area (Å²) in [5.74, 6) is 0.763. The van der Waals surface area contributed by atoms with Crippen molar-refractivity contribution in [2.24, 2.45) is 4.99 Å². The van der Waals surface area contributed by atoms with Crippen LogP contribution in [-0.2, 0) is 10.0 Å². The number of nitrogens with zero attached hydrogens (tertiary/aromatic N) is 3. The van der Waals surface area contributed by atoms with Gasteiger partial charge in [-0.3, -0.25) is 10.1 Å². The van der Waals surface area contributed by atoms with Crippen molar-refractivity contribution in [3.63, 3.8) is 0 Å². The molecule has 0 bridgehead atoms. The number of benzene rings is 2. The zero-order chi connectivity index (χ0) is 20.9. The Labute approximate surface area is 165 Å². The molecule has 0 radical (unpaired) electrons. The Morgan fingerprint density at radius 1 is 1.14 bits per heavy atom. The van der Waals surface area contributed by atoms with Gasteiger partial charge < -0.3 is 4.90 Å². The van der Waals surface area contributed by atoms with E-state index in [2.05, 4.69) is 15.8 Å². The van der Waals surface area contributed by atoms with Gasteiger partial charge in [-0.2, -0.15) is 0 Å². The third-order valence-corrected chi connectivity index (χ3v) is 5.62. The molecule has 0 saturated heterocycles. The molecular weight excluding hydrogens is 380 g/mol. The standard InChI is InChI=1S/C19H24N4O4S/c1-14-11-15(2)13-17(12-14)21-16(3)22(4)10-9-20-28(26,27)19-7-5-18(6-8-19)23(24)25/h5-8,11-13,20H,9-10H2,1-4H3. The van der Waals surface area contributed by atoms with E-state index in [-0.39, 0.29) is 17.1 Å². The van der Waals surface area contributed by atoms with Crippen molar-refractivity contribution in [2.75, 3.05) is 20.1 Å². The predicted octanol–water partition coefficient (Wildman–Crippen LogP) is 3.17. The van der Waals surface area contributed by atoms with E-state index in [9.17, 15) is 18.5 Å². The van der Waals surface area contributed by atoms with Crippen LogP contribution in [0, 0.1) is 24.0 Å². The first-order chi connectivity index (χ1) is 13.1. The molecule has 0 fully saturated rings. The third-order valence-electron chi connectivity index (χ3n) is 4.15. The molecule has 9 heteroatoms. The highest BCUT2D eigenvalue weighted by Gasteiger charge is 2.15. The SMILES string of the molecule is CC(=Nc1cc(C)cc(C)c1)N(C)CCNS(=O)(=O)c1ccc([N+](=O)[O-])cc1. The first-order valence-corrected chi connectivity index (χ1v) is 10.2. The van der Waals surface area contributed by atoms with Crippen LogP contribution in [0.25, 0.3) is 0 Å². The predicted molar refractivity (Wildman–Crippen MR) is 110 cm³/mol. The Hall–Kier alpha value is -2.78. The van der Waals surface area contributed by atoms with Crippen LogP contribution in [-0.4, -0.2) is 44.2 Å². The van der Waals surface area contributed by atoms with Gasteiger partial charge in [0.2, 0.25) is 10.0 Å². The molecule has 0 spiro atoms. The lowest BCUT2D eigenvalue weighted by atomic mass is 10.1. The molecule has 28 heavy (non-hydrogen) atoms. The minimum Gasteiger partial charge on any atom is -0.362 e. The van der Waals surface area contributed by atoms with E-state index in [1.165, 1.54) is 24.3 Å². The molecule has 2 aromatic carbocycles. The van der Waals surface area contributed by atoms with Gasteiger partial charge in [0.05, 0.1) is 15.5 Å². The van der Waals surface area contributed by atoms with Gasteiger partial charge in [0.1, 0.15) is 5.84 Å². The molecule has 0 unspecified atom stereocenters. The molecule has 0 aliphatic carbocycles. The maximum Gasteiger partial charge on any atom is 0.269 e. The monoisotopic (exact) mass is 404 g/mol. The van der Waals surface area contributed by atoms with E-state index >= 15 is 0 Å². The van der Waals surface area contributed by atoms with E-state index in [1.54, 1.807) is 0 Å². The number of nitrogens with one attached hydrogen (secondary N) is 1. The number of aliphatic imine (C=N–C) groups is 1. The Bertz CT molecular complexity index is 965. The molecule has 0 saturated carbocycles. The number of nitro benzene ring substituents is 1. The molecule has 0 heterocycles. The average Bonchev–Trinajstić information content (AvgIpc) is 2.60. The molecule has 2 rings (SSSR count). The zero-order valence-electron chi connectivity index (χ0n) is 16.3. The molecule has 2 aromatic rings. The average molecular weight is 404 g/mol. The molecule has 1 N–H and O–H groups in total. The van der Waals surface area contributed by atoms with Gasteiger partial charge in [-0.05, 0) is 56.2 Å². The topological polar surface area (TPSA) is 105 Å². The highest BCUT2D eigenvalue weighted by Crippen LogP contribution is 2.18. The van der Waals surface area contributed by atoms with Crippen molar-refractivity contribution in [3.8, 4) is 0 Å². The van der Waals surface area contributed by atoms with Crippen LogP contribution in [0.3, 0.4) is 0 Å². The molecular formula is C19H24N4O4S. The van der Waals surface area contributed by atoms with Crippen molar-refractivity contribution >= 4 is 27.2 Å². The van der Waals surface area contributed by atoms with Gasteiger partial charge in [0.15, 0.2) is 0 Å². The second-order valence-corrected chi connectivity index (χ2v) is 8.34. The smallest absolute Gasteiger partial charge is 0.269 e. The summed E-state index contributed by atoms with van der Waals surface area (Å²) in [6.45, 7) is 6.49. The molecule has 150 valence electrons. The maximum atomic E-state index is 12.3. The minimum atomic E-state index is -3.73. The van der Waals surface area contributed by atoms with Crippen LogP contribution in [0.5, 0.6) is 0 Å². The Morgan fingerprint density at radius 2 is 1.71 bits per heavy atom. The fourth-order valence-electron chi connectivity index (χ4n) is 2.63. The maximum absolute atomic E-state index is 12.3. The van der Waals surface area contributed by atoms with Crippen molar-refractivity contribution in [3.05, 3.63) is 63.7 Å². The summed E-state index contributed by atoms with van der Waals surface area (Å²) in [4.78, 5) is 16.5. The van der Waals surface area contributed by atoms with Crippen molar-refractivity contribution in [2.45, 2.75) is 25.7 Å². The van der Waals surface area contributed by atoms with E-state index in [1.807, 2.05) is 44.9 Å². The molecule has 0 atom stereocenters. The van der Waals surface area contributed by atoms with Crippen LogP contribution >= 0.6 is 0 Å². The lowest BCUT2D eigenvalue weighted by Gasteiger charge is -2.19. The fraction of sp³-hybridized carbons (Fsp3) is 0.316. The largest absolute Gasteiger partial charge is 0.362 e. The highest BCUT2D eigenvalue weighted by atomic mass is 32.2. The second kappa shape index (κ2) is 8.94. The van der Waals surface area contributed by atoms with E-state index in [0.717, 1.165) is 22.6 Å². The normalized spacial score (nSPS) is 12.1. The van der Waals surface area contributed by atoms with E-state index in [4.69, 9.17) is 0 Å². The van der Waals surface area contributed by atoms with Crippen LogP contribution in [0.1, 0.15) is 18.1 Å². The summed E-state index contributed by atoms with van der Waals surface area (Å²) in [6.07, 6.45) is 0. The molecule has 0 amide bonds. The van der Waals surface area contributed by atoms with Crippen LogP contribution in [0.15, 0.2) is 52.4 Å². The van der Waals surface area contributed by atoms with Gasteiger partial charge in [0, 0.05) is 32.3 Å². The number of sulfonamides is 1. The summed E-state index contributed by atoms with van der Waals surface area (Å²) in [5, 5.41) is 10.7. The highest BCUT2D eigenvalue weighted by molar-refractivity contribution is 7.89. The summed E-state index contributed by atoms with van der Waals surface area (Å²) >= 11 is 0. The number of hydrogen-bond donors (Lipinski definition) is 1. The van der Waals surface area contributed by atoms with E-state index in [0.29, 0.717) is 6.54 Å². The second-order valence-electron chi connectivity index (χ2n) is 6.58. The number of hydrogen-bond acceptors (Lipinski definition) is 5. The van der Waals surface area contributed by atoms with Gasteiger partial charge >= 0.3 is 0 Å². The van der Waals surface area contributed by atoms with Gasteiger partial charge in [-0.1, -0.05) is 6.07 Å². The number of nitro groups is 1. The molecule has 0 aromatic heterocycles. The van der Waals surface area contributed by atoms with E-state index < -0.39 is 14.9 Å². The first-order valence-electron chi connectivity index (χ1n) is 8.67. The Kier molecular flexibility index (Phi) is 6.87. The van der Waals surface area contributed by atoms with Crippen LogP contribution in [0.2, 0.25) is 0 Å². The summed E-state index contributed by atoms with van der Waals surface area (Å²) in [6, 6.07) is 10.8. The molecule has 8 nitrogen and oxygen atoms in total. The van der Waals surface area contributed by atoms with Crippen molar-refractivity contribution in [1.82, 2.24) is 9.62 Å². The quantitative estimate of drug-likeness (QED) is 0.330. The fourth-order valence-corrected chi connectivity index (χ4v) is 3.65. The first kappa shape index (κ1) is 21.5. The molecule has 0 aliphatic rings. The lowest BCUT2D eigenvalue weighted by Crippen LogP contribution is -2.35. The Balaban J connectivity index is 1.97. The van der Waals surface area contributed by atoms with Crippen LogP contribution < -0.4 is 4.72 Å². The number of amidine groups is 1. The Morgan fingerprint density at radius 3 is 2.25 bits per heavy atom. The number of aryl methyl sites for hydroxylation is 2. The summed E-state index contributed by atoms with van der Waals surface area (Å²) in [7, 11) is -1.90. The van der Waals surface area contributed by atoms with Crippen molar-refractivity contribution < 1.29 is 13.3 Å². The number of rotatable bonds is 7. The molecule has 0 aliphatic heterocycles. The van der Waals surface area contributed by atoms with Crippen LogP contribution in [0.4, 0.5) is 11.4 Å². The minimum absolute atomic E-state index is 0.0126.